The molecule has 11 heavy (non-hydrogen) atoms. The molecule has 2 N–H and O–H groups in total. The number of nitrogens with one attached hydrogen (secondary N) is 1. The minimum atomic E-state index is -0.568. The highest BCUT2D eigenvalue weighted by molar-refractivity contribution is 4.92. The number of rotatable bonds is 0. The predicted octanol–water partition coefficient (Wildman–Crippen LogP) is -0.572. The molecule has 0 radical (unpaired) electrons. The quantitative estimate of drug-likeness (QED) is 0.497. The van der Waals surface area contributed by atoms with Crippen LogP contribution in [0.5, 0.6) is 0 Å². The van der Waals surface area contributed by atoms with Gasteiger partial charge in [0, 0.05) is 6.54 Å². The van der Waals surface area contributed by atoms with Crippen molar-refractivity contribution in [1.29, 1.82) is 0 Å². The van der Waals surface area contributed by atoms with Crippen molar-refractivity contribution in [2.75, 3.05) is 6.54 Å². The summed E-state index contributed by atoms with van der Waals surface area (Å²) in [5.41, 5.74) is 0. The van der Waals surface area contributed by atoms with Crippen LogP contribution in [0.4, 0.5) is 0 Å². The fraction of sp³-hybridized carbons (Fsp3) is 1.00. The average molecular weight is 159 g/mol. The summed E-state index contributed by atoms with van der Waals surface area (Å²) in [6.07, 6.45) is -0.744. The third-order valence-corrected chi connectivity index (χ3v) is 2.06. The Hall–Kier alpha value is -0.160. The van der Waals surface area contributed by atoms with E-state index in [4.69, 9.17) is 9.47 Å². The van der Waals surface area contributed by atoms with Crippen molar-refractivity contribution in [3.05, 3.63) is 0 Å². The zero-order valence-corrected chi connectivity index (χ0v) is 6.70. The van der Waals surface area contributed by atoms with E-state index in [-0.39, 0.29) is 12.2 Å². The van der Waals surface area contributed by atoms with Crippen molar-refractivity contribution < 1.29 is 14.6 Å². The first-order chi connectivity index (χ1) is 5.08. The third kappa shape index (κ3) is 1.16. The Morgan fingerprint density at radius 2 is 2.18 bits per heavy atom. The molecule has 2 fully saturated rings. The van der Waals surface area contributed by atoms with Gasteiger partial charge in [-0.3, -0.25) is 5.32 Å². The summed E-state index contributed by atoms with van der Waals surface area (Å²) in [7, 11) is 0. The fourth-order valence-electron chi connectivity index (χ4n) is 1.64. The Morgan fingerprint density at radius 1 is 1.45 bits per heavy atom. The molecule has 0 aromatic carbocycles. The maximum absolute atomic E-state index is 9.32. The minimum absolute atomic E-state index is 0.0139. The number of aliphatic hydroxyl groups is 1. The standard InChI is InChI=1S/C7H13NO3/c1-7(2)10-4-3-8-6(9)5(4)11-7/h4-6,8-9H,3H2,1-2H3. The molecule has 2 aliphatic rings. The van der Waals surface area contributed by atoms with Gasteiger partial charge in [-0.25, -0.2) is 0 Å². The van der Waals surface area contributed by atoms with Gasteiger partial charge in [-0.1, -0.05) is 0 Å². The van der Waals surface area contributed by atoms with Gasteiger partial charge >= 0.3 is 0 Å². The number of fused-ring (bicyclic) bond motifs is 1. The summed E-state index contributed by atoms with van der Waals surface area (Å²) >= 11 is 0. The molecule has 2 heterocycles. The molecule has 4 nitrogen and oxygen atoms in total. The summed E-state index contributed by atoms with van der Waals surface area (Å²) < 4.78 is 10.9. The van der Waals surface area contributed by atoms with Crippen LogP contribution in [0.3, 0.4) is 0 Å². The van der Waals surface area contributed by atoms with Crippen molar-refractivity contribution in [2.24, 2.45) is 0 Å². The summed E-state index contributed by atoms with van der Waals surface area (Å²) in [4.78, 5) is 0. The molecule has 0 aliphatic carbocycles. The largest absolute Gasteiger partial charge is 0.376 e. The molecule has 0 aromatic heterocycles. The maximum Gasteiger partial charge on any atom is 0.164 e. The van der Waals surface area contributed by atoms with Crippen LogP contribution in [0.1, 0.15) is 13.8 Å². The van der Waals surface area contributed by atoms with Crippen molar-refractivity contribution in [1.82, 2.24) is 5.32 Å². The second kappa shape index (κ2) is 2.17. The lowest BCUT2D eigenvalue weighted by atomic mass is 10.2. The second-order valence-corrected chi connectivity index (χ2v) is 3.49. The maximum atomic E-state index is 9.32. The third-order valence-electron chi connectivity index (χ3n) is 2.06. The molecule has 0 bridgehead atoms. The van der Waals surface area contributed by atoms with E-state index in [1.54, 1.807) is 0 Å². The first-order valence-corrected chi connectivity index (χ1v) is 3.85. The highest BCUT2D eigenvalue weighted by Crippen LogP contribution is 2.31. The number of hydrogen-bond donors (Lipinski definition) is 2. The Bertz CT molecular complexity index is 171. The molecule has 0 saturated carbocycles. The first kappa shape index (κ1) is 7.49. The van der Waals surface area contributed by atoms with E-state index >= 15 is 0 Å². The van der Waals surface area contributed by atoms with Crippen LogP contribution in [0.2, 0.25) is 0 Å². The predicted molar refractivity (Wildman–Crippen MR) is 37.8 cm³/mol. The molecular weight excluding hydrogens is 146 g/mol. The fourth-order valence-corrected chi connectivity index (χ4v) is 1.64. The zero-order chi connectivity index (χ0) is 8.06. The topological polar surface area (TPSA) is 50.7 Å². The number of aliphatic hydroxyl groups excluding tert-OH is 1. The Kier molecular flexibility index (Phi) is 1.47. The SMILES string of the molecule is CC1(C)OC2CNC(O)C2O1. The van der Waals surface area contributed by atoms with Crippen LogP contribution < -0.4 is 5.32 Å². The summed E-state index contributed by atoms with van der Waals surface area (Å²) in [6.45, 7) is 4.39. The normalized spacial score (nSPS) is 47.7. The lowest BCUT2D eigenvalue weighted by molar-refractivity contribution is -0.163. The monoisotopic (exact) mass is 159 g/mol. The van der Waals surface area contributed by atoms with E-state index in [9.17, 15) is 5.11 Å². The second-order valence-electron chi connectivity index (χ2n) is 3.49. The van der Waals surface area contributed by atoms with Gasteiger partial charge in [-0.2, -0.15) is 0 Å². The van der Waals surface area contributed by atoms with Crippen LogP contribution in [0.15, 0.2) is 0 Å². The molecule has 3 unspecified atom stereocenters. The molecule has 2 saturated heterocycles. The van der Waals surface area contributed by atoms with Gasteiger partial charge < -0.3 is 14.6 Å². The number of ether oxygens (including phenoxy) is 2. The van der Waals surface area contributed by atoms with Gasteiger partial charge in [0.05, 0.1) is 0 Å². The van der Waals surface area contributed by atoms with E-state index in [1.165, 1.54) is 0 Å². The zero-order valence-electron chi connectivity index (χ0n) is 6.70. The molecule has 4 heteroatoms. The van der Waals surface area contributed by atoms with Crippen LogP contribution in [0.25, 0.3) is 0 Å². The van der Waals surface area contributed by atoms with Gasteiger partial charge in [0.15, 0.2) is 5.79 Å². The minimum Gasteiger partial charge on any atom is -0.376 e. The van der Waals surface area contributed by atoms with Crippen molar-refractivity contribution in [3.63, 3.8) is 0 Å². The molecule has 64 valence electrons. The van der Waals surface area contributed by atoms with E-state index in [1.807, 2.05) is 13.8 Å². The van der Waals surface area contributed by atoms with Crippen molar-refractivity contribution in [3.8, 4) is 0 Å². The molecule has 0 spiro atoms. The Morgan fingerprint density at radius 3 is 2.82 bits per heavy atom. The van der Waals surface area contributed by atoms with Gasteiger partial charge in [0.1, 0.15) is 18.4 Å². The summed E-state index contributed by atoms with van der Waals surface area (Å²) in [5, 5.41) is 12.2. The summed E-state index contributed by atoms with van der Waals surface area (Å²) in [5.74, 6) is -0.529. The molecule has 3 atom stereocenters. The molecule has 2 aliphatic heterocycles. The van der Waals surface area contributed by atoms with E-state index in [2.05, 4.69) is 5.32 Å². The molecular formula is C7H13NO3. The smallest absolute Gasteiger partial charge is 0.164 e. The lowest BCUT2D eigenvalue weighted by Gasteiger charge is -2.19. The number of hydrogen-bond acceptors (Lipinski definition) is 4. The highest BCUT2D eigenvalue weighted by atomic mass is 16.8. The van der Waals surface area contributed by atoms with E-state index in [0.29, 0.717) is 6.54 Å². The van der Waals surface area contributed by atoms with Crippen molar-refractivity contribution >= 4 is 0 Å². The first-order valence-electron chi connectivity index (χ1n) is 3.85. The molecule has 0 aromatic rings. The van der Waals surface area contributed by atoms with Gasteiger partial charge in [0.25, 0.3) is 0 Å². The van der Waals surface area contributed by atoms with Crippen molar-refractivity contribution in [2.45, 2.75) is 38.1 Å². The molecule has 2 rings (SSSR count). The van der Waals surface area contributed by atoms with Gasteiger partial charge in [0.2, 0.25) is 0 Å². The highest BCUT2D eigenvalue weighted by Gasteiger charge is 2.48. The average Bonchev–Trinajstić information content (AvgIpc) is 2.31. The molecule has 0 amide bonds. The van der Waals surface area contributed by atoms with E-state index < -0.39 is 12.0 Å². The van der Waals surface area contributed by atoms with Crippen LogP contribution in [0, 0.1) is 0 Å². The Balaban J connectivity index is 2.10. The Labute approximate surface area is 65.5 Å². The van der Waals surface area contributed by atoms with Gasteiger partial charge in [-0.15, -0.1) is 0 Å². The van der Waals surface area contributed by atoms with Crippen LogP contribution in [-0.4, -0.2) is 35.9 Å². The lowest BCUT2D eigenvalue weighted by Crippen LogP contribution is -2.34. The van der Waals surface area contributed by atoms with E-state index in [0.717, 1.165) is 0 Å². The van der Waals surface area contributed by atoms with Crippen LogP contribution in [-0.2, 0) is 9.47 Å². The van der Waals surface area contributed by atoms with Crippen LogP contribution >= 0.6 is 0 Å². The van der Waals surface area contributed by atoms with Gasteiger partial charge in [-0.05, 0) is 13.8 Å². The summed E-state index contributed by atoms with van der Waals surface area (Å²) in [6, 6.07) is 0.